The number of pyridine rings is 2. The third kappa shape index (κ3) is 5.35. The van der Waals surface area contributed by atoms with Crippen molar-refractivity contribution in [1.82, 2.24) is 9.97 Å². The number of phenolic OH excluding ortho intramolecular Hbond substituents is 4. The molecule has 0 fully saturated rings. The average Bonchev–Trinajstić information content (AvgIpc) is 3.23. The van der Waals surface area contributed by atoms with Crippen LogP contribution in [0.25, 0.3) is 64.6 Å². The number of ether oxygens (including phenoxy) is 4. The van der Waals surface area contributed by atoms with E-state index in [1.165, 1.54) is 0 Å². The largest absolute Gasteiger partial charge is 0.508 e. The van der Waals surface area contributed by atoms with Gasteiger partial charge < -0.3 is 39.4 Å². The molecule has 10 nitrogen and oxygen atoms in total. The molecule has 0 aliphatic rings. The molecule has 0 spiro atoms. The molecular formula is C48H28N2O8. The van der Waals surface area contributed by atoms with Crippen molar-refractivity contribution >= 4 is 64.6 Å². The van der Waals surface area contributed by atoms with Gasteiger partial charge in [-0.2, -0.15) is 0 Å². The number of rotatable bonds is 8. The summed E-state index contributed by atoms with van der Waals surface area (Å²) < 4.78 is 27.2. The molecule has 0 unspecified atom stereocenters. The molecule has 0 aliphatic carbocycles. The van der Waals surface area contributed by atoms with Crippen molar-refractivity contribution in [2.45, 2.75) is 0 Å². The summed E-state index contributed by atoms with van der Waals surface area (Å²) in [6.45, 7) is 0. The van der Waals surface area contributed by atoms with E-state index in [2.05, 4.69) is 9.97 Å². The number of aromatic nitrogens is 2. The lowest BCUT2D eigenvalue weighted by Crippen LogP contribution is -1.99. The molecule has 0 bridgehead atoms. The highest BCUT2D eigenvalue weighted by Gasteiger charge is 2.29. The molecule has 0 saturated carbocycles. The van der Waals surface area contributed by atoms with Gasteiger partial charge in [0.1, 0.15) is 69.0 Å². The van der Waals surface area contributed by atoms with E-state index in [0.29, 0.717) is 67.5 Å². The zero-order valence-corrected chi connectivity index (χ0v) is 30.2. The van der Waals surface area contributed by atoms with Crippen LogP contribution >= 0.6 is 0 Å². The molecule has 10 heteroatoms. The van der Waals surface area contributed by atoms with Gasteiger partial charge >= 0.3 is 0 Å². The molecular weight excluding hydrogens is 733 g/mol. The molecule has 11 rings (SSSR count). The van der Waals surface area contributed by atoms with Gasteiger partial charge in [0.15, 0.2) is 0 Å². The minimum absolute atomic E-state index is 0.102. The normalized spacial score (nSPS) is 11.7. The van der Waals surface area contributed by atoms with Crippen molar-refractivity contribution in [3.63, 3.8) is 0 Å². The van der Waals surface area contributed by atoms with Crippen LogP contribution in [0.2, 0.25) is 0 Å². The lowest BCUT2D eigenvalue weighted by Gasteiger charge is -2.25. The van der Waals surface area contributed by atoms with E-state index in [1.54, 1.807) is 122 Å². The Kier molecular flexibility index (Phi) is 7.23. The molecule has 4 N–H and O–H groups in total. The Hall–Kier alpha value is -8.24. The first-order valence-corrected chi connectivity index (χ1v) is 18.3. The predicted molar refractivity (Wildman–Crippen MR) is 222 cm³/mol. The first kappa shape index (κ1) is 33.1. The van der Waals surface area contributed by atoms with Gasteiger partial charge in [0, 0.05) is 89.4 Å². The van der Waals surface area contributed by atoms with Gasteiger partial charge in [0.05, 0.1) is 0 Å². The Labute approximate surface area is 328 Å². The van der Waals surface area contributed by atoms with Crippen molar-refractivity contribution < 1.29 is 39.4 Å². The molecule has 278 valence electrons. The maximum Gasteiger partial charge on any atom is 0.136 e. The molecule has 2 heterocycles. The fourth-order valence-electron chi connectivity index (χ4n) is 7.98. The molecule has 9 aromatic carbocycles. The summed E-state index contributed by atoms with van der Waals surface area (Å²) in [6.07, 6.45) is 7.18. The summed E-state index contributed by atoms with van der Waals surface area (Å²) in [5, 5.41) is 50.1. The highest BCUT2D eigenvalue weighted by molar-refractivity contribution is 6.43. The summed E-state index contributed by atoms with van der Waals surface area (Å²) in [5.74, 6) is 4.34. The summed E-state index contributed by atoms with van der Waals surface area (Å²) >= 11 is 0. The third-order valence-corrected chi connectivity index (χ3v) is 10.4. The highest BCUT2D eigenvalue weighted by Crippen LogP contribution is 2.57. The van der Waals surface area contributed by atoms with Crippen molar-refractivity contribution in [1.29, 1.82) is 0 Å². The summed E-state index contributed by atoms with van der Waals surface area (Å²) in [6, 6.07) is 34.0. The summed E-state index contributed by atoms with van der Waals surface area (Å²) in [4.78, 5) is 9.23. The van der Waals surface area contributed by atoms with E-state index < -0.39 is 0 Å². The van der Waals surface area contributed by atoms with Crippen molar-refractivity contribution in [3.8, 4) is 69.0 Å². The fourth-order valence-corrected chi connectivity index (χ4v) is 7.98. The van der Waals surface area contributed by atoms with Gasteiger partial charge in [0.2, 0.25) is 0 Å². The third-order valence-electron chi connectivity index (χ3n) is 10.4. The lowest BCUT2D eigenvalue weighted by molar-refractivity contribution is 0.464. The van der Waals surface area contributed by atoms with Crippen molar-refractivity contribution in [2.75, 3.05) is 0 Å². The maximum atomic E-state index is 10.2. The van der Waals surface area contributed by atoms with E-state index in [-0.39, 0.29) is 23.0 Å². The second-order valence-corrected chi connectivity index (χ2v) is 14.1. The summed E-state index contributed by atoms with van der Waals surface area (Å²) in [5.41, 5.74) is 0. The van der Waals surface area contributed by atoms with Crippen LogP contribution in [0, 0.1) is 0 Å². The van der Waals surface area contributed by atoms with E-state index in [9.17, 15) is 20.4 Å². The van der Waals surface area contributed by atoms with Crippen molar-refractivity contribution in [3.05, 3.63) is 146 Å². The molecule has 0 aliphatic heterocycles. The number of hydrogen-bond donors (Lipinski definition) is 4. The molecule has 11 aromatic rings. The maximum absolute atomic E-state index is 10.2. The van der Waals surface area contributed by atoms with Crippen LogP contribution in [0.4, 0.5) is 0 Å². The van der Waals surface area contributed by atoms with Crippen LogP contribution in [-0.2, 0) is 0 Å². The number of aromatic hydroxyl groups is 4. The minimum Gasteiger partial charge on any atom is -0.508 e. The van der Waals surface area contributed by atoms with Crippen LogP contribution in [0.15, 0.2) is 146 Å². The second-order valence-electron chi connectivity index (χ2n) is 14.1. The van der Waals surface area contributed by atoms with Crippen molar-refractivity contribution in [2.24, 2.45) is 0 Å². The second kappa shape index (κ2) is 12.7. The molecule has 0 amide bonds. The number of benzene rings is 9. The number of nitrogens with zero attached hydrogens (tertiary/aromatic N) is 2. The van der Waals surface area contributed by atoms with Crippen LogP contribution in [0.1, 0.15) is 0 Å². The van der Waals surface area contributed by atoms with Crippen LogP contribution < -0.4 is 18.9 Å². The van der Waals surface area contributed by atoms with Crippen LogP contribution in [0.3, 0.4) is 0 Å². The number of fused-ring (bicyclic) bond motifs is 2. The molecule has 0 atom stereocenters. The fraction of sp³-hybridized carbons (Fsp3) is 0. The van der Waals surface area contributed by atoms with E-state index in [0.717, 1.165) is 43.1 Å². The van der Waals surface area contributed by atoms with E-state index in [4.69, 9.17) is 18.9 Å². The molecule has 2 aromatic heterocycles. The zero-order chi connectivity index (χ0) is 39.1. The first-order valence-electron chi connectivity index (χ1n) is 18.3. The van der Waals surface area contributed by atoms with Gasteiger partial charge in [-0.1, -0.05) is 0 Å². The molecule has 58 heavy (non-hydrogen) atoms. The zero-order valence-electron chi connectivity index (χ0n) is 30.2. The Morgan fingerprint density at radius 3 is 0.724 bits per heavy atom. The Bertz CT molecular complexity index is 2910. The number of hydrogen-bond acceptors (Lipinski definition) is 10. The van der Waals surface area contributed by atoms with Crippen LogP contribution in [-0.4, -0.2) is 30.4 Å². The van der Waals surface area contributed by atoms with Crippen LogP contribution in [0.5, 0.6) is 69.0 Å². The molecule has 0 radical (unpaired) electrons. The van der Waals surface area contributed by atoms with Gasteiger partial charge in [-0.25, -0.2) is 0 Å². The van der Waals surface area contributed by atoms with Gasteiger partial charge in [-0.05, 0) is 121 Å². The monoisotopic (exact) mass is 760 g/mol. The minimum atomic E-state index is 0.102. The highest BCUT2D eigenvalue weighted by atomic mass is 16.5. The average molecular weight is 761 g/mol. The van der Waals surface area contributed by atoms with Gasteiger partial charge in [-0.3, -0.25) is 9.97 Å². The Morgan fingerprint density at radius 1 is 0.276 bits per heavy atom. The standard InChI is InChI=1S/C48H28N2O8/c51-29-1-9-33(10-2-29)55-37-17-25-21-49-22-26-19-39(57-35-13-5-31(53)6-14-35)45-46-40(58-36-15-7-32(54)8-16-36)20-28-24-50-23-27-18-38(56-34-11-3-30(52)4-12-34)44(48(46)42(27)28)43(37)47(45)41(25)26/h1-24,51-54H. The van der Waals surface area contributed by atoms with Gasteiger partial charge in [-0.15, -0.1) is 0 Å². The first-order chi connectivity index (χ1) is 28.3. The van der Waals surface area contributed by atoms with Gasteiger partial charge in [0.25, 0.3) is 0 Å². The van der Waals surface area contributed by atoms with E-state index >= 15 is 0 Å². The predicted octanol–water partition coefficient (Wildman–Crippen LogP) is 12.3. The Balaban J connectivity index is 1.37. The van der Waals surface area contributed by atoms with E-state index in [1.807, 2.05) is 24.3 Å². The SMILES string of the molecule is Oc1ccc(Oc2cc3cncc4cc(Oc5ccc(O)cc5)c5c6c(Oc7ccc(O)cc7)cc7cncc8cc(Oc9ccc(O)cc9)c(c2c5c34)c6c87)cc1. The topological polar surface area (TPSA) is 144 Å². The number of phenols is 4. The molecule has 0 saturated heterocycles. The quantitative estimate of drug-likeness (QED) is 0.0872. The lowest BCUT2D eigenvalue weighted by atomic mass is 9.84. The Morgan fingerprint density at radius 2 is 0.500 bits per heavy atom. The summed E-state index contributed by atoms with van der Waals surface area (Å²) in [7, 11) is 0. The smallest absolute Gasteiger partial charge is 0.136 e.